The van der Waals surface area contributed by atoms with Crippen molar-refractivity contribution in [3.63, 3.8) is 0 Å². The first-order chi connectivity index (χ1) is 9.69. The number of ether oxygens (including phenoxy) is 1. The summed E-state index contributed by atoms with van der Waals surface area (Å²) in [5.74, 6) is 0. The molecule has 112 valence electrons. The first-order valence-electron chi connectivity index (χ1n) is 7.01. The molecule has 5 heteroatoms. The average molecular weight is 280 g/mol. The van der Waals surface area contributed by atoms with E-state index in [1.54, 1.807) is 0 Å². The van der Waals surface area contributed by atoms with Crippen molar-refractivity contribution in [1.82, 2.24) is 10.2 Å². The first kappa shape index (κ1) is 16.5. The summed E-state index contributed by atoms with van der Waals surface area (Å²) in [5.41, 5.74) is 2.29. The monoisotopic (exact) mass is 280 g/mol. The minimum atomic E-state index is -0.508. The van der Waals surface area contributed by atoms with E-state index in [2.05, 4.69) is 36.2 Å². The third kappa shape index (κ3) is 6.04. The molecule has 0 bridgehead atoms. The molecule has 1 aromatic carbocycles. The molecule has 0 aliphatic carbocycles. The highest BCUT2D eigenvalue weighted by Crippen LogP contribution is 2.07. The van der Waals surface area contributed by atoms with E-state index in [-0.39, 0.29) is 13.2 Å². The highest BCUT2D eigenvalue weighted by molar-refractivity contribution is 5.67. The molecule has 0 saturated heterocycles. The molecule has 0 aliphatic heterocycles. The topological polar surface area (TPSA) is 61.8 Å². The zero-order chi connectivity index (χ0) is 14.8. The van der Waals surface area contributed by atoms with Gasteiger partial charge in [-0.1, -0.05) is 38.1 Å². The highest BCUT2D eigenvalue weighted by Gasteiger charge is 2.03. The van der Waals surface area contributed by atoms with Crippen molar-refractivity contribution < 1.29 is 14.6 Å². The molecule has 1 rings (SSSR count). The predicted molar refractivity (Wildman–Crippen MR) is 78.3 cm³/mol. The molecule has 0 radical (unpaired) electrons. The Hall–Kier alpha value is -1.59. The van der Waals surface area contributed by atoms with E-state index in [0.29, 0.717) is 6.54 Å². The number of benzene rings is 1. The van der Waals surface area contributed by atoms with Gasteiger partial charge in [0.15, 0.2) is 0 Å². The summed E-state index contributed by atoms with van der Waals surface area (Å²) in [6.07, 6.45) is -0.508. The molecule has 0 unspecified atom stereocenters. The number of hydrogen-bond acceptors (Lipinski definition) is 4. The predicted octanol–water partition coefficient (Wildman–Crippen LogP) is 1.75. The summed E-state index contributed by atoms with van der Waals surface area (Å²) >= 11 is 0. The van der Waals surface area contributed by atoms with Crippen LogP contribution in [0.25, 0.3) is 0 Å². The molecule has 1 amide bonds. The Morgan fingerprint density at radius 1 is 1.20 bits per heavy atom. The van der Waals surface area contributed by atoms with Gasteiger partial charge >= 0.3 is 6.09 Å². The van der Waals surface area contributed by atoms with Crippen molar-refractivity contribution in [2.45, 2.75) is 26.9 Å². The van der Waals surface area contributed by atoms with E-state index in [0.717, 1.165) is 25.2 Å². The van der Waals surface area contributed by atoms with Gasteiger partial charge in [0.25, 0.3) is 0 Å². The maximum atomic E-state index is 11.2. The number of alkyl carbamates (subject to hydrolysis) is 1. The molecule has 0 fully saturated rings. The molecule has 5 nitrogen and oxygen atoms in total. The third-order valence-electron chi connectivity index (χ3n) is 3.08. The lowest BCUT2D eigenvalue weighted by atomic mass is 10.1. The summed E-state index contributed by atoms with van der Waals surface area (Å²) in [6, 6.07) is 8.17. The second-order valence-electron chi connectivity index (χ2n) is 4.49. The molecule has 2 N–H and O–H groups in total. The fourth-order valence-corrected chi connectivity index (χ4v) is 1.83. The van der Waals surface area contributed by atoms with Crippen LogP contribution >= 0.6 is 0 Å². The molecule has 20 heavy (non-hydrogen) atoms. The number of hydrogen-bond donors (Lipinski definition) is 2. The van der Waals surface area contributed by atoms with Crippen molar-refractivity contribution in [2.75, 3.05) is 26.3 Å². The Balaban J connectivity index is 2.40. The van der Waals surface area contributed by atoms with Crippen LogP contribution in [0.15, 0.2) is 24.3 Å². The van der Waals surface area contributed by atoms with Crippen LogP contribution in [0.5, 0.6) is 0 Å². The van der Waals surface area contributed by atoms with Gasteiger partial charge in [-0.25, -0.2) is 4.79 Å². The zero-order valence-corrected chi connectivity index (χ0v) is 12.3. The van der Waals surface area contributed by atoms with Gasteiger partial charge in [-0.15, -0.1) is 0 Å². The van der Waals surface area contributed by atoms with Crippen LogP contribution in [0, 0.1) is 0 Å². The fourth-order valence-electron chi connectivity index (χ4n) is 1.83. The van der Waals surface area contributed by atoms with Gasteiger partial charge in [0.2, 0.25) is 0 Å². The summed E-state index contributed by atoms with van der Waals surface area (Å²) in [5, 5.41) is 11.2. The van der Waals surface area contributed by atoms with Gasteiger partial charge in [0.05, 0.1) is 6.61 Å². The quantitative estimate of drug-likeness (QED) is 0.761. The normalized spacial score (nSPS) is 10.6. The van der Waals surface area contributed by atoms with Gasteiger partial charge < -0.3 is 15.2 Å². The molecule has 0 saturated carbocycles. The third-order valence-corrected chi connectivity index (χ3v) is 3.08. The lowest BCUT2D eigenvalue weighted by molar-refractivity contribution is 0.119. The Morgan fingerprint density at radius 3 is 2.35 bits per heavy atom. The fraction of sp³-hybridized carbons (Fsp3) is 0.533. The lowest BCUT2D eigenvalue weighted by Gasteiger charge is -2.18. The molecule has 0 atom stereocenters. The summed E-state index contributed by atoms with van der Waals surface area (Å²) < 4.78 is 4.71. The smallest absolute Gasteiger partial charge is 0.407 e. The van der Waals surface area contributed by atoms with Crippen molar-refractivity contribution in [2.24, 2.45) is 0 Å². The van der Waals surface area contributed by atoms with Crippen molar-refractivity contribution in [1.29, 1.82) is 0 Å². The maximum absolute atomic E-state index is 11.2. The van der Waals surface area contributed by atoms with Crippen molar-refractivity contribution in [3.05, 3.63) is 35.4 Å². The van der Waals surface area contributed by atoms with Gasteiger partial charge in [0.1, 0.15) is 6.61 Å². The number of amides is 1. The van der Waals surface area contributed by atoms with Crippen LogP contribution < -0.4 is 5.32 Å². The van der Waals surface area contributed by atoms with E-state index in [4.69, 9.17) is 9.84 Å². The minimum absolute atomic E-state index is 0.0225. The van der Waals surface area contributed by atoms with Crippen molar-refractivity contribution >= 4 is 6.09 Å². The Labute approximate surface area is 120 Å². The van der Waals surface area contributed by atoms with E-state index in [1.165, 1.54) is 5.56 Å². The molecular weight excluding hydrogens is 256 g/mol. The lowest BCUT2D eigenvalue weighted by Crippen LogP contribution is -2.25. The zero-order valence-electron chi connectivity index (χ0n) is 12.3. The van der Waals surface area contributed by atoms with E-state index < -0.39 is 6.09 Å². The summed E-state index contributed by atoms with van der Waals surface area (Å²) in [7, 11) is 0. The number of carbonyl (C=O) groups excluding carboxylic acids is 1. The molecule has 0 heterocycles. The molecular formula is C15H24N2O3. The Bertz CT molecular complexity index is 389. The van der Waals surface area contributed by atoms with Crippen LogP contribution in [0.3, 0.4) is 0 Å². The summed E-state index contributed by atoms with van der Waals surface area (Å²) in [4.78, 5) is 13.6. The highest BCUT2D eigenvalue weighted by atomic mass is 16.6. The molecule has 0 spiro atoms. The number of carbonyl (C=O) groups is 1. The maximum Gasteiger partial charge on any atom is 0.407 e. The van der Waals surface area contributed by atoms with Crippen LogP contribution in [-0.4, -0.2) is 42.4 Å². The van der Waals surface area contributed by atoms with Crippen LogP contribution in [0.4, 0.5) is 4.79 Å². The SMILES string of the molecule is CCN(CC)Cc1ccc(CNC(=O)OCCO)cc1. The molecule has 0 aliphatic rings. The van der Waals surface area contributed by atoms with Gasteiger partial charge in [-0.3, -0.25) is 4.90 Å². The largest absolute Gasteiger partial charge is 0.447 e. The van der Waals surface area contributed by atoms with E-state index >= 15 is 0 Å². The van der Waals surface area contributed by atoms with Gasteiger partial charge in [0, 0.05) is 13.1 Å². The van der Waals surface area contributed by atoms with Crippen LogP contribution in [0.1, 0.15) is 25.0 Å². The molecule has 1 aromatic rings. The van der Waals surface area contributed by atoms with Gasteiger partial charge in [-0.05, 0) is 24.2 Å². The standard InChI is InChI=1S/C15H24N2O3/c1-3-17(4-2)12-14-7-5-13(6-8-14)11-16-15(19)20-10-9-18/h5-8,18H,3-4,9-12H2,1-2H3,(H,16,19). The number of aliphatic hydroxyl groups excluding tert-OH is 1. The van der Waals surface area contributed by atoms with Crippen LogP contribution in [-0.2, 0) is 17.8 Å². The second kappa shape index (κ2) is 9.34. The number of nitrogens with one attached hydrogen (secondary N) is 1. The first-order valence-corrected chi connectivity index (χ1v) is 7.01. The van der Waals surface area contributed by atoms with Crippen LogP contribution in [0.2, 0.25) is 0 Å². The Kier molecular flexibility index (Phi) is 7.69. The van der Waals surface area contributed by atoms with E-state index in [9.17, 15) is 4.79 Å². The molecule has 0 aromatic heterocycles. The van der Waals surface area contributed by atoms with Gasteiger partial charge in [-0.2, -0.15) is 0 Å². The summed E-state index contributed by atoms with van der Waals surface area (Å²) in [6.45, 7) is 7.61. The number of nitrogens with zero attached hydrogens (tertiary/aromatic N) is 1. The second-order valence-corrected chi connectivity index (χ2v) is 4.49. The number of aliphatic hydroxyl groups is 1. The van der Waals surface area contributed by atoms with Crippen molar-refractivity contribution in [3.8, 4) is 0 Å². The average Bonchev–Trinajstić information content (AvgIpc) is 2.49. The minimum Gasteiger partial charge on any atom is -0.447 e. The number of rotatable bonds is 8. The van der Waals surface area contributed by atoms with E-state index in [1.807, 2.05) is 12.1 Å². The Morgan fingerprint density at radius 2 is 1.80 bits per heavy atom.